The van der Waals surface area contributed by atoms with Crippen molar-refractivity contribution in [2.45, 2.75) is 45.6 Å². The summed E-state index contributed by atoms with van der Waals surface area (Å²) in [5.74, 6) is -0.461. The summed E-state index contributed by atoms with van der Waals surface area (Å²) in [7, 11) is 0. The predicted octanol–water partition coefficient (Wildman–Crippen LogP) is 1.18. The molecule has 0 bridgehead atoms. The number of amides is 2. The Hall–Kier alpha value is -0.900. The van der Waals surface area contributed by atoms with Gasteiger partial charge in [-0.25, -0.2) is 0 Å². The molecule has 1 saturated heterocycles. The summed E-state index contributed by atoms with van der Waals surface area (Å²) in [6, 6.07) is 0. The van der Waals surface area contributed by atoms with Gasteiger partial charge in [-0.2, -0.15) is 0 Å². The van der Waals surface area contributed by atoms with Crippen LogP contribution in [0.4, 0.5) is 0 Å². The Morgan fingerprint density at radius 1 is 1.18 bits per heavy atom. The standard InChI is InChI=1S/C13H21NO3/c1-8-9(2)13(17)14(12(8)16)7-11(15)10-5-3-4-6-10/h8-11,15H,3-7H2,1-2H3. The number of hydrogen-bond donors (Lipinski definition) is 1. The van der Waals surface area contributed by atoms with E-state index in [-0.39, 0.29) is 36.1 Å². The Balaban J connectivity index is 1.98. The quantitative estimate of drug-likeness (QED) is 0.752. The normalized spacial score (nSPS) is 32.5. The molecule has 4 nitrogen and oxygen atoms in total. The van der Waals surface area contributed by atoms with E-state index in [0.717, 1.165) is 25.7 Å². The molecule has 2 amide bonds. The monoisotopic (exact) mass is 239 g/mol. The number of nitrogens with zero attached hydrogens (tertiary/aromatic N) is 1. The lowest BCUT2D eigenvalue weighted by Gasteiger charge is -2.23. The van der Waals surface area contributed by atoms with E-state index in [9.17, 15) is 14.7 Å². The number of likely N-dealkylation sites (tertiary alicyclic amines) is 1. The van der Waals surface area contributed by atoms with Gasteiger partial charge in [-0.15, -0.1) is 0 Å². The van der Waals surface area contributed by atoms with Crippen molar-refractivity contribution in [1.82, 2.24) is 4.90 Å². The molecule has 3 atom stereocenters. The lowest BCUT2D eigenvalue weighted by Crippen LogP contribution is -2.40. The number of rotatable bonds is 3. The van der Waals surface area contributed by atoms with Gasteiger partial charge in [-0.1, -0.05) is 26.7 Å². The van der Waals surface area contributed by atoms with Gasteiger partial charge in [0, 0.05) is 11.8 Å². The van der Waals surface area contributed by atoms with Crippen LogP contribution in [-0.4, -0.2) is 34.5 Å². The zero-order chi connectivity index (χ0) is 12.6. The van der Waals surface area contributed by atoms with Gasteiger partial charge in [-0.05, 0) is 18.8 Å². The molecule has 4 heteroatoms. The Bertz CT molecular complexity index is 303. The van der Waals surface area contributed by atoms with Crippen LogP contribution in [0.15, 0.2) is 0 Å². The maximum absolute atomic E-state index is 11.9. The molecule has 0 spiro atoms. The molecule has 2 aliphatic rings. The molecule has 1 heterocycles. The number of aliphatic hydroxyl groups excluding tert-OH is 1. The van der Waals surface area contributed by atoms with Gasteiger partial charge >= 0.3 is 0 Å². The van der Waals surface area contributed by atoms with Crippen LogP contribution in [0.25, 0.3) is 0 Å². The van der Waals surface area contributed by atoms with Crippen molar-refractivity contribution >= 4 is 11.8 Å². The first-order valence-electron chi connectivity index (χ1n) is 6.55. The summed E-state index contributed by atoms with van der Waals surface area (Å²) < 4.78 is 0. The second-order valence-electron chi connectivity index (χ2n) is 5.48. The van der Waals surface area contributed by atoms with Gasteiger partial charge in [0.05, 0.1) is 12.6 Å². The van der Waals surface area contributed by atoms with Crippen molar-refractivity contribution in [2.75, 3.05) is 6.54 Å². The number of aliphatic hydroxyl groups is 1. The number of carbonyl (C=O) groups excluding carboxylic acids is 2. The van der Waals surface area contributed by atoms with Crippen molar-refractivity contribution in [1.29, 1.82) is 0 Å². The molecule has 1 aliphatic carbocycles. The smallest absolute Gasteiger partial charge is 0.232 e. The molecule has 1 aliphatic heterocycles. The summed E-state index contributed by atoms with van der Waals surface area (Å²) in [5.41, 5.74) is 0. The van der Waals surface area contributed by atoms with E-state index >= 15 is 0 Å². The molecule has 2 fully saturated rings. The van der Waals surface area contributed by atoms with E-state index in [2.05, 4.69) is 0 Å². The Morgan fingerprint density at radius 2 is 1.65 bits per heavy atom. The lowest BCUT2D eigenvalue weighted by atomic mass is 10.00. The third kappa shape index (κ3) is 2.23. The predicted molar refractivity (Wildman–Crippen MR) is 63.0 cm³/mol. The number of imide groups is 1. The van der Waals surface area contributed by atoms with Gasteiger partial charge in [0.25, 0.3) is 0 Å². The maximum Gasteiger partial charge on any atom is 0.232 e. The number of hydrogen-bond acceptors (Lipinski definition) is 3. The Kier molecular flexibility index (Phi) is 3.52. The SMILES string of the molecule is CC1C(=O)N(CC(O)C2CCCC2)C(=O)C1C. The van der Waals surface area contributed by atoms with Gasteiger partial charge in [0.1, 0.15) is 0 Å². The molecule has 0 aromatic rings. The minimum absolute atomic E-state index is 0.125. The van der Waals surface area contributed by atoms with Gasteiger partial charge in [0.15, 0.2) is 0 Å². The van der Waals surface area contributed by atoms with E-state index in [4.69, 9.17) is 0 Å². The third-order valence-corrected chi connectivity index (χ3v) is 4.37. The van der Waals surface area contributed by atoms with Crippen molar-refractivity contribution in [2.24, 2.45) is 17.8 Å². The second kappa shape index (κ2) is 4.77. The number of carbonyl (C=O) groups is 2. The first-order valence-corrected chi connectivity index (χ1v) is 6.55. The molecule has 0 aromatic heterocycles. The lowest BCUT2D eigenvalue weighted by molar-refractivity contribution is -0.142. The van der Waals surface area contributed by atoms with Crippen LogP contribution in [0, 0.1) is 17.8 Å². The molecule has 17 heavy (non-hydrogen) atoms. The van der Waals surface area contributed by atoms with Crippen LogP contribution in [-0.2, 0) is 9.59 Å². The van der Waals surface area contributed by atoms with E-state index in [0.29, 0.717) is 0 Å². The molecular weight excluding hydrogens is 218 g/mol. The van der Waals surface area contributed by atoms with Crippen LogP contribution >= 0.6 is 0 Å². The number of β-amino-alcohol motifs (C(OH)–C–C–N with tert-alkyl or cyclic N) is 1. The summed E-state index contributed by atoms with van der Waals surface area (Å²) in [5, 5.41) is 10.1. The average Bonchev–Trinajstić information content (AvgIpc) is 2.90. The molecule has 2 rings (SSSR count). The first-order chi connectivity index (χ1) is 8.02. The fraction of sp³-hybridized carbons (Fsp3) is 0.846. The topological polar surface area (TPSA) is 57.6 Å². The molecule has 3 unspecified atom stereocenters. The Labute approximate surface area is 102 Å². The second-order valence-corrected chi connectivity index (χ2v) is 5.48. The summed E-state index contributed by atoms with van der Waals surface area (Å²) in [6.45, 7) is 3.76. The van der Waals surface area contributed by atoms with Crippen molar-refractivity contribution < 1.29 is 14.7 Å². The zero-order valence-corrected chi connectivity index (χ0v) is 10.6. The van der Waals surface area contributed by atoms with E-state index in [1.165, 1.54) is 4.90 Å². The van der Waals surface area contributed by atoms with Crippen molar-refractivity contribution in [3.63, 3.8) is 0 Å². The fourth-order valence-electron chi connectivity index (χ4n) is 2.89. The van der Waals surface area contributed by atoms with E-state index in [1.54, 1.807) is 13.8 Å². The van der Waals surface area contributed by atoms with Crippen LogP contribution < -0.4 is 0 Å². The molecule has 1 saturated carbocycles. The summed E-state index contributed by atoms with van der Waals surface area (Å²) in [4.78, 5) is 25.0. The highest BCUT2D eigenvalue weighted by Gasteiger charge is 2.43. The highest BCUT2D eigenvalue weighted by atomic mass is 16.3. The van der Waals surface area contributed by atoms with Gasteiger partial charge in [-0.3, -0.25) is 14.5 Å². The highest BCUT2D eigenvalue weighted by molar-refractivity contribution is 6.04. The molecular formula is C13H21NO3. The van der Waals surface area contributed by atoms with Crippen LogP contribution in [0.1, 0.15) is 39.5 Å². The zero-order valence-electron chi connectivity index (χ0n) is 10.6. The van der Waals surface area contributed by atoms with Crippen molar-refractivity contribution in [3.05, 3.63) is 0 Å². The molecule has 0 radical (unpaired) electrons. The van der Waals surface area contributed by atoms with Gasteiger partial charge in [0.2, 0.25) is 11.8 Å². The van der Waals surface area contributed by atoms with E-state index in [1.807, 2.05) is 0 Å². The largest absolute Gasteiger partial charge is 0.391 e. The first kappa shape index (κ1) is 12.6. The Morgan fingerprint density at radius 3 is 2.12 bits per heavy atom. The molecule has 1 N–H and O–H groups in total. The van der Waals surface area contributed by atoms with Crippen LogP contribution in [0.2, 0.25) is 0 Å². The third-order valence-electron chi connectivity index (χ3n) is 4.37. The summed E-state index contributed by atoms with van der Waals surface area (Å²) >= 11 is 0. The summed E-state index contributed by atoms with van der Waals surface area (Å²) in [6.07, 6.45) is 3.79. The minimum Gasteiger partial charge on any atom is -0.391 e. The maximum atomic E-state index is 11.9. The van der Waals surface area contributed by atoms with Crippen LogP contribution in [0.3, 0.4) is 0 Å². The van der Waals surface area contributed by atoms with Crippen LogP contribution in [0.5, 0.6) is 0 Å². The fourth-order valence-corrected chi connectivity index (χ4v) is 2.89. The average molecular weight is 239 g/mol. The molecule has 0 aromatic carbocycles. The van der Waals surface area contributed by atoms with Crippen molar-refractivity contribution in [3.8, 4) is 0 Å². The molecule has 96 valence electrons. The van der Waals surface area contributed by atoms with E-state index < -0.39 is 6.10 Å². The highest BCUT2D eigenvalue weighted by Crippen LogP contribution is 2.30. The van der Waals surface area contributed by atoms with Gasteiger partial charge < -0.3 is 5.11 Å². The minimum atomic E-state index is -0.539.